The molecule has 0 saturated heterocycles. The number of nitrogens with zero attached hydrogens (tertiary/aromatic N) is 2. The zero-order valence-electron chi connectivity index (χ0n) is 14.1. The van der Waals surface area contributed by atoms with Gasteiger partial charge in [-0.3, -0.25) is 0 Å². The van der Waals surface area contributed by atoms with Crippen LogP contribution in [0, 0.1) is 11.6 Å². The highest BCUT2D eigenvalue weighted by molar-refractivity contribution is 5.74. The number of urea groups is 1. The van der Waals surface area contributed by atoms with Crippen molar-refractivity contribution in [2.24, 2.45) is 0 Å². The molecule has 132 valence electrons. The van der Waals surface area contributed by atoms with Gasteiger partial charge in [-0.1, -0.05) is 18.2 Å². The summed E-state index contributed by atoms with van der Waals surface area (Å²) in [5, 5.41) is 5.51. The number of benzene rings is 1. The summed E-state index contributed by atoms with van der Waals surface area (Å²) in [6, 6.07) is 9.18. The van der Waals surface area contributed by atoms with Crippen molar-refractivity contribution >= 4 is 11.8 Å². The number of nitrogens with one attached hydrogen (secondary N) is 2. The minimum atomic E-state index is -0.862. The average molecular weight is 346 g/mol. The summed E-state index contributed by atoms with van der Waals surface area (Å²) < 4.78 is 27.0. The number of rotatable bonds is 5. The van der Waals surface area contributed by atoms with E-state index in [2.05, 4.69) is 15.6 Å². The van der Waals surface area contributed by atoms with Crippen LogP contribution in [0.5, 0.6) is 0 Å². The van der Waals surface area contributed by atoms with Gasteiger partial charge < -0.3 is 15.5 Å². The first-order valence-corrected chi connectivity index (χ1v) is 8.07. The second-order valence-corrected chi connectivity index (χ2v) is 6.30. The van der Waals surface area contributed by atoms with E-state index in [1.54, 1.807) is 6.07 Å². The molecule has 2 N–H and O–H groups in total. The van der Waals surface area contributed by atoms with Crippen molar-refractivity contribution in [2.75, 3.05) is 19.0 Å². The number of aromatic nitrogens is 1. The van der Waals surface area contributed by atoms with Gasteiger partial charge in [0.1, 0.15) is 5.82 Å². The molecular weight excluding hydrogens is 326 g/mol. The molecular formula is C18H20F2N4O. The fourth-order valence-corrected chi connectivity index (χ4v) is 2.71. The zero-order chi connectivity index (χ0) is 18.0. The van der Waals surface area contributed by atoms with Gasteiger partial charge in [-0.2, -0.15) is 0 Å². The Morgan fingerprint density at radius 2 is 2.00 bits per heavy atom. The Morgan fingerprint density at radius 3 is 2.76 bits per heavy atom. The highest BCUT2D eigenvalue weighted by atomic mass is 19.2. The number of amides is 2. The van der Waals surface area contributed by atoms with Crippen molar-refractivity contribution in [1.29, 1.82) is 0 Å². The van der Waals surface area contributed by atoms with Crippen molar-refractivity contribution < 1.29 is 13.6 Å². The number of halogens is 2. The quantitative estimate of drug-likeness (QED) is 0.875. The standard InChI is InChI=1S/C18H20F2N4O/c1-24(2)16-8-3-5-11(22-16)10-21-18(25)23-15-9-13(15)12-6-4-7-14(19)17(12)20/h3-8,13,15H,9-10H2,1-2H3,(H2,21,23,25)/t13-,15-/m1/s1. The third-order valence-corrected chi connectivity index (χ3v) is 4.17. The Bertz CT molecular complexity index is 781. The summed E-state index contributed by atoms with van der Waals surface area (Å²) in [6.45, 7) is 0.291. The predicted octanol–water partition coefficient (Wildman–Crippen LogP) is 2.78. The van der Waals surface area contributed by atoms with E-state index in [4.69, 9.17) is 0 Å². The van der Waals surface area contributed by atoms with E-state index in [0.29, 0.717) is 18.5 Å². The Labute approximate surface area is 145 Å². The topological polar surface area (TPSA) is 57.3 Å². The van der Waals surface area contributed by atoms with Crippen LogP contribution in [0.3, 0.4) is 0 Å². The number of carbonyl (C=O) groups excluding carboxylic acids is 1. The molecule has 2 aromatic rings. The van der Waals surface area contributed by atoms with Crippen LogP contribution >= 0.6 is 0 Å². The van der Waals surface area contributed by atoms with Gasteiger partial charge in [0, 0.05) is 26.1 Å². The second-order valence-electron chi connectivity index (χ2n) is 6.30. The van der Waals surface area contributed by atoms with Crippen LogP contribution in [0.4, 0.5) is 19.4 Å². The highest BCUT2D eigenvalue weighted by Crippen LogP contribution is 2.42. The lowest BCUT2D eigenvalue weighted by atomic mass is 10.1. The molecule has 1 aliphatic rings. The molecule has 0 radical (unpaired) electrons. The lowest BCUT2D eigenvalue weighted by Crippen LogP contribution is -2.37. The number of hydrogen-bond donors (Lipinski definition) is 2. The Morgan fingerprint density at radius 1 is 1.24 bits per heavy atom. The van der Waals surface area contributed by atoms with Gasteiger partial charge in [0.05, 0.1) is 12.2 Å². The normalized spacial score (nSPS) is 18.6. The van der Waals surface area contributed by atoms with Gasteiger partial charge in [-0.05, 0) is 30.2 Å². The first kappa shape index (κ1) is 17.1. The first-order valence-electron chi connectivity index (χ1n) is 8.07. The van der Waals surface area contributed by atoms with Crippen LogP contribution < -0.4 is 15.5 Å². The summed E-state index contributed by atoms with van der Waals surface area (Å²) in [6.07, 6.45) is 0.599. The van der Waals surface area contributed by atoms with Gasteiger partial charge >= 0.3 is 6.03 Å². The first-order chi connectivity index (χ1) is 12.0. The van der Waals surface area contributed by atoms with Gasteiger partial charge in [-0.25, -0.2) is 18.6 Å². The molecule has 1 aliphatic carbocycles. The van der Waals surface area contributed by atoms with E-state index in [1.165, 1.54) is 6.07 Å². The van der Waals surface area contributed by atoms with Crippen LogP contribution in [-0.2, 0) is 6.54 Å². The highest BCUT2D eigenvalue weighted by Gasteiger charge is 2.41. The lowest BCUT2D eigenvalue weighted by Gasteiger charge is -2.13. The average Bonchev–Trinajstić information content (AvgIpc) is 3.34. The van der Waals surface area contributed by atoms with E-state index in [1.807, 2.05) is 37.2 Å². The summed E-state index contributed by atoms with van der Waals surface area (Å²) in [5.74, 6) is -1.07. The number of anilines is 1. The van der Waals surface area contributed by atoms with Crippen molar-refractivity contribution in [3.8, 4) is 0 Å². The maximum Gasteiger partial charge on any atom is 0.315 e. The molecule has 1 aromatic carbocycles. The molecule has 1 heterocycles. The predicted molar refractivity (Wildman–Crippen MR) is 91.4 cm³/mol. The van der Waals surface area contributed by atoms with Crippen LogP contribution in [0.15, 0.2) is 36.4 Å². The fourth-order valence-electron chi connectivity index (χ4n) is 2.71. The molecule has 1 saturated carbocycles. The monoisotopic (exact) mass is 346 g/mol. The molecule has 0 unspecified atom stereocenters. The molecule has 0 bridgehead atoms. The van der Waals surface area contributed by atoms with Crippen LogP contribution in [0.2, 0.25) is 0 Å². The largest absolute Gasteiger partial charge is 0.363 e. The molecule has 2 atom stereocenters. The van der Waals surface area contributed by atoms with Gasteiger partial charge in [0.15, 0.2) is 11.6 Å². The van der Waals surface area contributed by atoms with Crippen molar-refractivity contribution in [3.63, 3.8) is 0 Å². The molecule has 0 aliphatic heterocycles. The summed E-state index contributed by atoms with van der Waals surface area (Å²) in [4.78, 5) is 18.3. The van der Waals surface area contributed by atoms with Crippen molar-refractivity contribution in [3.05, 3.63) is 59.3 Å². The van der Waals surface area contributed by atoms with Crippen molar-refractivity contribution in [1.82, 2.24) is 15.6 Å². The Balaban J connectivity index is 1.51. The summed E-state index contributed by atoms with van der Waals surface area (Å²) in [7, 11) is 3.79. The van der Waals surface area contributed by atoms with E-state index in [0.717, 1.165) is 17.6 Å². The van der Waals surface area contributed by atoms with E-state index in [-0.39, 0.29) is 18.0 Å². The summed E-state index contributed by atoms with van der Waals surface area (Å²) >= 11 is 0. The third-order valence-electron chi connectivity index (χ3n) is 4.17. The number of hydrogen-bond acceptors (Lipinski definition) is 3. The minimum absolute atomic E-state index is 0.183. The van der Waals surface area contributed by atoms with Gasteiger partial charge in [0.2, 0.25) is 0 Å². The Hall–Kier alpha value is -2.70. The second kappa shape index (κ2) is 7.04. The van der Waals surface area contributed by atoms with Crippen LogP contribution in [0.25, 0.3) is 0 Å². The van der Waals surface area contributed by atoms with Crippen LogP contribution in [0.1, 0.15) is 23.6 Å². The van der Waals surface area contributed by atoms with Crippen LogP contribution in [-0.4, -0.2) is 31.2 Å². The maximum absolute atomic E-state index is 13.8. The van der Waals surface area contributed by atoms with Gasteiger partial charge in [0.25, 0.3) is 0 Å². The zero-order valence-corrected chi connectivity index (χ0v) is 14.1. The number of carbonyl (C=O) groups is 1. The lowest BCUT2D eigenvalue weighted by molar-refractivity contribution is 0.239. The molecule has 3 rings (SSSR count). The summed E-state index contributed by atoms with van der Waals surface area (Å²) in [5.41, 5.74) is 1.05. The molecule has 0 spiro atoms. The van der Waals surface area contributed by atoms with E-state index >= 15 is 0 Å². The maximum atomic E-state index is 13.8. The molecule has 25 heavy (non-hydrogen) atoms. The minimum Gasteiger partial charge on any atom is -0.363 e. The molecule has 2 amide bonds. The molecule has 7 heteroatoms. The Kier molecular flexibility index (Phi) is 4.83. The third kappa shape index (κ3) is 4.04. The molecule has 5 nitrogen and oxygen atoms in total. The van der Waals surface area contributed by atoms with E-state index < -0.39 is 11.6 Å². The molecule has 1 aromatic heterocycles. The fraction of sp³-hybridized carbons (Fsp3) is 0.333. The number of pyridine rings is 1. The van der Waals surface area contributed by atoms with E-state index in [9.17, 15) is 13.6 Å². The smallest absolute Gasteiger partial charge is 0.315 e. The molecule has 1 fully saturated rings. The van der Waals surface area contributed by atoms with Gasteiger partial charge in [-0.15, -0.1) is 0 Å². The SMILES string of the molecule is CN(C)c1cccc(CNC(=O)N[C@@H]2C[C@@H]2c2cccc(F)c2F)n1. The van der Waals surface area contributed by atoms with Crippen molar-refractivity contribution in [2.45, 2.75) is 24.9 Å².